The van der Waals surface area contributed by atoms with Crippen molar-refractivity contribution in [3.05, 3.63) is 29.8 Å². The first-order chi connectivity index (χ1) is 12.9. The number of nitrogens with zero attached hydrogens (tertiary/aromatic N) is 3. The van der Waals surface area contributed by atoms with Crippen molar-refractivity contribution in [3.8, 4) is 5.75 Å². The summed E-state index contributed by atoms with van der Waals surface area (Å²) in [6, 6.07) is 8.12. The average molecular weight is 502 g/mol. The van der Waals surface area contributed by atoms with Crippen LogP contribution in [0.3, 0.4) is 0 Å². The summed E-state index contributed by atoms with van der Waals surface area (Å²) in [4.78, 5) is 20.4. The van der Waals surface area contributed by atoms with Gasteiger partial charge in [-0.15, -0.1) is 24.0 Å². The van der Waals surface area contributed by atoms with E-state index < -0.39 is 0 Å². The van der Waals surface area contributed by atoms with E-state index in [1.165, 1.54) is 5.56 Å². The van der Waals surface area contributed by atoms with Crippen LogP contribution in [-0.2, 0) is 11.2 Å². The molecule has 1 N–H and O–H groups in total. The number of rotatable bonds is 6. The van der Waals surface area contributed by atoms with Gasteiger partial charge in [-0.25, -0.2) is 4.99 Å². The van der Waals surface area contributed by atoms with E-state index in [4.69, 9.17) is 4.74 Å². The largest absolute Gasteiger partial charge is 0.497 e. The van der Waals surface area contributed by atoms with Gasteiger partial charge in [-0.1, -0.05) is 26.0 Å². The highest BCUT2D eigenvalue weighted by Gasteiger charge is 2.24. The molecule has 1 heterocycles. The van der Waals surface area contributed by atoms with Gasteiger partial charge in [0.1, 0.15) is 12.3 Å². The van der Waals surface area contributed by atoms with E-state index in [0.717, 1.165) is 50.1 Å². The van der Waals surface area contributed by atoms with Crippen LogP contribution in [0.25, 0.3) is 0 Å². The van der Waals surface area contributed by atoms with Crippen molar-refractivity contribution >= 4 is 35.8 Å². The summed E-state index contributed by atoms with van der Waals surface area (Å²) in [7, 11) is 5.20. The van der Waals surface area contributed by atoms with Crippen LogP contribution in [0.1, 0.15) is 25.8 Å². The molecule has 2 rings (SSSR count). The number of carbonyl (C=O) groups excluding carboxylic acids is 1. The molecule has 2 unspecified atom stereocenters. The lowest BCUT2D eigenvalue weighted by Crippen LogP contribution is -2.48. The monoisotopic (exact) mass is 502 g/mol. The third-order valence-corrected chi connectivity index (χ3v) is 5.35. The fourth-order valence-corrected chi connectivity index (χ4v) is 3.12. The number of likely N-dealkylation sites (tertiary alicyclic amines) is 1. The number of hydrogen-bond acceptors (Lipinski definition) is 3. The number of benzene rings is 1. The fourth-order valence-electron chi connectivity index (χ4n) is 3.12. The SMILES string of the molecule is COc1ccc(CCNC(=NCC(=O)N(C)C)N2CCC(C)C(C)C2)cc1.I. The van der Waals surface area contributed by atoms with Crippen LogP contribution in [0.2, 0.25) is 0 Å². The number of halogens is 1. The molecule has 28 heavy (non-hydrogen) atoms. The highest BCUT2D eigenvalue weighted by Crippen LogP contribution is 2.22. The van der Waals surface area contributed by atoms with Gasteiger partial charge in [-0.05, 0) is 42.4 Å². The van der Waals surface area contributed by atoms with Crippen LogP contribution in [-0.4, -0.2) is 69.1 Å². The molecular weight excluding hydrogens is 467 g/mol. The maximum absolute atomic E-state index is 12.0. The molecule has 1 aliphatic rings. The van der Waals surface area contributed by atoms with Gasteiger partial charge in [-0.2, -0.15) is 0 Å². The number of piperidine rings is 1. The van der Waals surface area contributed by atoms with Crippen molar-refractivity contribution in [2.24, 2.45) is 16.8 Å². The average Bonchev–Trinajstić information content (AvgIpc) is 2.66. The van der Waals surface area contributed by atoms with E-state index in [1.807, 2.05) is 12.1 Å². The van der Waals surface area contributed by atoms with Crippen molar-refractivity contribution in [2.45, 2.75) is 26.7 Å². The number of carbonyl (C=O) groups is 1. The van der Waals surface area contributed by atoms with Gasteiger partial charge in [-0.3, -0.25) is 4.79 Å². The summed E-state index contributed by atoms with van der Waals surface area (Å²) in [5.41, 5.74) is 1.24. The summed E-state index contributed by atoms with van der Waals surface area (Å²) >= 11 is 0. The second-order valence-electron chi connectivity index (χ2n) is 7.64. The van der Waals surface area contributed by atoms with Gasteiger partial charge in [0.25, 0.3) is 0 Å². The number of ether oxygens (including phenoxy) is 1. The van der Waals surface area contributed by atoms with Gasteiger partial charge >= 0.3 is 0 Å². The molecule has 1 saturated heterocycles. The highest BCUT2D eigenvalue weighted by molar-refractivity contribution is 14.0. The van der Waals surface area contributed by atoms with Crippen molar-refractivity contribution in [1.29, 1.82) is 0 Å². The minimum Gasteiger partial charge on any atom is -0.497 e. The van der Waals surface area contributed by atoms with E-state index >= 15 is 0 Å². The zero-order valence-electron chi connectivity index (χ0n) is 17.8. The van der Waals surface area contributed by atoms with Gasteiger partial charge in [0.2, 0.25) is 5.91 Å². The van der Waals surface area contributed by atoms with Crippen LogP contribution >= 0.6 is 24.0 Å². The molecule has 1 aromatic rings. The molecular formula is C21H35IN4O2. The summed E-state index contributed by atoms with van der Waals surface area (Å²) in [6.07, 6.45) is 2.05. The van der Waals surface area contributed by atoms with Crippen LogP contribution in [0, 0.1) is 11.8 Å². The van der Waals surface area contributed by atoms with Crippen molar-refractivity contribution in [3.63, 3.8) is 0 Å². The second-order valence-corrected chi connectivity index (χ2v) is 7.64. The molecule has 158 valence electrons. The maximum Gasteiger partial charge on any atom is 0.243 e. The minimum atomic E-state index is 0. The Labute approximate surface area is 186 Å². The maximum atomic E-state index is 12.0. The number of methoxy groups -OCH3 is 1. The molecule has 0 saturated carbocycles. The molecule has 1 aliphatic heterocycles. The van der Waals surface area contributed by atoms with Crippen LogP contribution in [0.5, 0.6) is 5.75 Å². The number of amides is 1. The quantitative estimate of drug-likeness (QED) is 0.370. The minimum absolute atomic E-state index is 0. The van der Waals surface area contributed by atoms with E-state index in [1.54, 1.807) is 26.1 Å². The third kappa shape index (κ3) is 7.48. The summed E-state index contributed by atoms with van der Waals surface area (Å²) in [5, 5.41) is 3.47. The molecule has 0 radical (unpaired) electrons. The molecule has 1 amide bonds. The normalized spacial score (nSPS) is 19.6. The zero-order valence-corrected chi connectivity index (χ0v) is 20.1. The Hall–Kier alpha value is -1.51. The number of guanidine groups is 1. The van der Waals surface area contributed by atoms with Gasteiger partial charge in [0, 0.05) is 33.7 Å². The van der Waals surface area contributed by atoms with Crippen molar-refractivity contribution in [2.75, 3.05) is 47.4 Å². The van der Waals surface area contributed by atoms with Gasteiger partial charge in [0.05, 0.1) is 7.11 Å². The van der Waals surface area contributed by atoms with Crippen molar-refractivity contribution < 1.29 is 9.53 Å². The lowest BCUT2D eigenvalue weighted by atomic mass is 9.89. The summed E-state index contributed by atoms with van der Waals surface area (Å²) in [5.74, 6) is 3.08. The molecule has 1 fully saturated rings. The fraction of sp³-hybridized carbons (Fsp3) is 0.619. The van der Waals surface area contributed by atoms with E-state index in [2.05, 4.69) is 41.2 Å². The summed E-state index contributed by atoms with van der Waals surface area (Å²) < 4.78 is 5.21. The molecule has 0 spiro atoms. The zero-order chi connectivity index (χ0) is 19.8. The van der Waals surface area contributed by atoms with E-state index in [0.29, 0.717) is 5.92 Å². The van der Waals surface area contributed by atoms with E-state index in [9.17, 15) is 4.79 Å². The topological polar surface area (TPSA) is 57.2 Å². The Bertz CT molecular complexity index is 634. The smallest absolute Gasteiger partial charge is 0.243 e. The first-order valence-electron chi connectivity index (χ1n) is 9.77. The Kier molecular flexibility index (Phi) is 10.6. The van der Waals surface area contributed by atoms with Gasteiger partial charge in [0.15, 0.2) is 5.96 Å². The number of nitrogens with one attached hydrogen (secondary N) is 1. The molecule has 1 aromatic carbocycles. The number of hydrogen-bond donors (Lipinski definition) is 1. The predicted octanol–water partition coefficient (Wildman–Crippen LogP) is 2.87. The Morgan fingerprint density at radius 2 is 1.93 bits per heavy atom. The van der Waals surface area contributed by atoms with E-state index in [-0.39, 0.29) is 36.4 Å². The molecule has 6 nitrogen and oxygen atoms in total. The lowest BCUT2D eigenvalue weighted by Gasteiger charge is -2.37. The van der Waals surface area contributed by atoms with Gasteiger partial charge < -0.3 is 19.9 Å². The first-order valence-corrected chi connectivity index (χ1v) is 9.77. The van der Waals surface area contributed by atoms with Crippen LogP contribution in [0.15, 0.2) is 29.3 Å². The second kappa shape index (κ2) is 12.1. The van der Waals surface area contributed by atoms with Crippen LogP contribution < -0.4 is 10.1 Å². The molecule has 0 bridgehead atoms. The summed E-state index contributed by atoms with van der Waals surface area (Å²) in [6.45, 7) is 7.52. The molecule has 0 aliphatic carbocycles. The lowest BCUT2D eigenvalue weighted by molar-refractivity contribution is -0.127. The Morgan fingerprint density at radius 3 is 2.50 bits per heavy atom. The number of likely N-dealkylation sites (N-methyl/N-ethyl adjacent to an activating group) is 1. The predicted molar refractivity (Wildman–Crippen MR) is 126 cm³/mol. The Balaban J connectivity index is 0.00000392. The molecule has 2 atom stereocenters. The first kappa shape index (κ1) is 24.5. The standard InChI is InChI=1S/C21H34N4O2.HI/c1-16-11-13-25(15-17(16)2)21(23-14-20(26)24(3)4)22-12-10-18-6-8-19(27-5)9-7-18;/h6-9,16-17H,10-15H2,1-5H3,(H,22,23);1H. The number of aliphatic imine (C=N–C) groups is 1. The molecule has 0 aromatic heterocycles. The van der Waals surface area contributed by atoms with Crippen LogP contribution in [0.4, 0.5) is 0 Å². The molecule has 7 heteroatoms. The Morgan fingerprint density at radius 1 is 1.25 bits per heavy atom. The highest BCUT2D eigenvalue weighted by atomic mass is 127. The van der Waals surface area contributed by atoms with Crippen molar-refractivity contribution in [1.82, 2.24) is 15.1 Å². The third-order valence-electron chi connectivity index (χ3n) is 5.35.